The third kappa shape index (κ3) is 4.36. The molecule has 0 aliphatic heterocycles. The van der Waals surface area contributed by atoms with Gasteiger partial charge in [-0.2, -0.15) is 0 Å². The summed E-state index contributed by atoms with van der Waals surface area (Å²) in [4.78, 5) is 0. The van der Waals surface area contributed by atoms with Crippen molar-refractivity contribution in [3.63, 3.8) is 0 Å². The molecule has 0 aliphatic rings. The second-order valence-corrected chi connectivity index (χ2v) is 5.67. The first kappa shape index (κ1) is 15.1. The SMILES string of the molecule is CCNCc1ccc(OCc2ccc(C)cc2)c(Br)c1. The van der Waals surface area contributed by atoms with E-state index in [-0.39, 0.29) is 0 Å². The first-order chi connectivity index (χ1) is 9.69. The molecule has 2 aromatic rings. The molecule has 3 heteroatoms. The molecule has 0 bridgehead atoms. The molecule has 2 rings (SSSR count). The van der Waals surface area contributed by atoms with E-state index < -0.39 is 0 Å². The number of nitrogens with one attached hydrogen (secondary N) is 1. The number of ether oxygens (including phenoxy) is 1. The van der Waals surface area contributed by atoms with Gasteiger partial charge in [0.2, 0.25) is 0 Å². The summed E-state index contributed by atoms with van der Waals surface area (Å²) in [6, 6.07) is 14.6. The van der Waals surface area contributed by atoms with Gasteiger partial charge in [-0.05, 0) is 52.7 Å². The zero-order chi connectivity index (χ0) is 14.4. The zero-order valence-electron chi connectivity index (χ0n) is 11.9. The first-order valence-corrected chi connectivity index (χ1v) is 7.66. The molecular formula is C17H20BrNO. The van der Waals surface area contributed by atoms with E-state index in [2.05, 4.69) is 71.5 Å². The highest BCUT2D eigenvalue weighted by Crippen LogP contribution is 2.26. The van der Waals surface area contributed by atoms with Crippen molar-refractivity contribution in [3.05, 3.63) is 63.6 Å². The van der Waals surface area contributed by atoms with Crippen molar-refractivity contribution in [2.24, 2.45) is 0 Å². The van der Waals surface area contributed by atoms with Crippen LogP contribution >= 0.6 is 15.9 Å². The molecule has 2 nitrogen and oxygen atoms in total. The van der Waals surface area contributed by atoms with E-state index in [1.165, 1.54) is 16.7 Å². The van der Waals surface area contributed by atoms with Crippen LogP contribution in [-0.2, 0) is 13.2 Å². The zero-order valence-corrected chi connectivity index (χ0v) is 13.5. The van der Waals surface area contributed by atoms with Crippen LogP contribution in [0.3, 0.4) is 0 Å². The number of hydrogen-bond acceptors (Lipinski definition) is 2. The Labute approximate surface area is 129 Å². The summed E-state index contributed by atoms with van der Waals surface area (Å²) in [6.45, 7) is 6.64. The average Bonchev–Trinajstić information content (AvgIpc) is 2.46. The molecule has 20 heavy (non-hydrogen) atoms. The van der Waals surface area contributed by atoms with Crippen molar-refractivity contribution in [1.82, 2.24) is 5.32 Å². The normalized spacial score (nSPS) is 10.6. The topological polar surface area (TPSA) is 21.3 Å². The van der Waals surface area contributed by atoms with Gasteiger partial charge < -0.3 is 10.1 Å². The Morgan fingerprint density at radius 2 is 1.75 bits per heavy atom. The summed E-state index contributed by atoms with van der Waals surface area (Å²) in [5.74, 6) is 0.880. The summed E-state index contributed by atoms with van der Waals surface area (Å²) in [6.07, 6.45) is 0. The lowest BCUT2D eigenvalue weighted by molar-refractivity contribution is 0.304. The van der Waals surface area contributed by atoms with Crippen LogP contribution in [0.5, 0.6) is 5.75 Å². The van der Waals surface area contributed by atoms with Crippen molar-refractivity contribution in [3.8, 4) is 5.75 Å². The van der Waals surface area contributed by atoms with Crippen LogP contribution in [0.25, 0.3) is 0 Å². The maximum absolute atomic E-state index is 5.85. The average molecular weight is 334 g/mol. The molecule has 1 N–H and O–H groups in total. The van der Waals surface area contributed by atoms with E-state index in [4.69, 9.17) is 4.74 Å². The van der Waals surface area contributed by atoms with E-state index in [1.54, 1.807) is 0 Å². The molecule has 0 radical (unpaired) electrons. The van der Waals surface area contributed by atoms with Gasteiger partial charge in [-0.25, -0.2) is 0 Å². The van der Waals surface area contributed by atoms with Gasteiger partial charge in [-0.3, -0.25) is 0 Å². The molecule has 2 aromatic carbocycles. The van der Waals surface area contributed by atoms with Crippen LogP contribution < -0.4 is 10.1 Å². The number of hydrogen-bond donors (Lipinski definition) is 1. The van der Waals surface area contributed by atoms with Crippen molar-refractivity contribution in [2.75, 3.05) is 6.54 Å². The van der Waals surface area contributed by atoms with Crippen molar-refractivity contribution in [1.29, 1.82) is 0 Å². The molecule has 0 amide bonds. The van der Waals surface area contributed by atoms with E-state index in [0.717, 1.165) is 23.3 Å². The third-order valence-electron chi connectivity index (χ3n) is 3.09. The fourth-order valence-electron chi connectivity index (χ4n) is 1.89. The second kappa shape index (κ2) is 7.46. The van der Waals surface area contributed by atoms with Gasteiger partial charge in [0.25, 0.3) is 0 Å². The van der Waals surface area contributed by atoms with Crippen LogP contribution in [-0.4, -0.2) is 6.54 Å². The second-order valence-electron chi connectivity index (χ2n) is 4.82. The molecule has 0 saturated heterocycles. The molecule has 0 atom stereocenters. The lowest BCUT2D eigenvalue weighted by Crippen LogP contribution is -2.11. The van der Waals surface area contributed by atoms with E-state index in [9.17, 15) is 0 Å². The highest BCUT2D eigenvalue weighted by molar-refractivity contribution is 9.10. The molecule has 0 saturated carbocycles. The van der Waals surface area contributed by atoms with Crippen LogP contribution in [0.4, 0.5) is 0 Å². The van der Waals surface area contributed by atoms with E-state index >= 15 is 0 Å². The molecular weight excluding hydrogens is 314 g/mol. The van der Waals surface area contributed by atoms with Crippen molar-refractivity contribution in [2.45, 2.75) is 27.0 Å². The highest BCUT2D eigenvalue weighted by Gasteiger charge is 2.03. The molecule has 0 heterocycles. The van der Waals surface area contributed by atoms with Gasteiger partial charge in [-0.15, -0.1) is 0 Å². The predicted molar refractivity (Wildman–Crippen MR) is 87.0 cm³/mol. The van der Waals surface area contributed by atoms with E-state index in [0.29, 0.717) is 6.61 Å². The lowest BCUT2D eigenvalue weighted by atomic mass is 10.2. The predicted octanol–water partition coefficient (Wildman–Crippen LogP) is 4.45. The Morgan fingerprint density at radius 1 is 1.05 bits per heavy atom. The summed E-state index contributed by atoms with van der Waals surface area (Å²) in [5.41, 5.74) is 3.70. The fourth-order valence-corrected chi connectivity index (χ4v) is 2.43. The maximum atomic E-state index is 5.85. The quantitative estimate of drug-likeness (QED) is 0.843. The number of benzene rings is 2. The van der Waals surface area contributed by atoms with E-state index in [1.807, 2.05) is 6.07 Å². The van der Waals surface area contributed by atoms with Gasteiger partial charge in [-0.1, -0.05) is 42.8 Å². The minimum Gasteiger partial charge on any atom is -0.488 e. The summed E-state index contributed by atoms with van der Waals surface area (Å²) in [7, 11) is 0. The number of aryl methyl sites for hydroxylation is 1. The summed E-state index contributed by atoms with van der Waals surface area (Å²) < 4.78 is 6.85. The molecule has 0 aliphatic carbocycles. The van der Waals surface area contributed by atoms with Crippen LogP contribution in [0.2, 0.25) is 0 Å². The van der Waals surface area contributed by atoms with Gasteiger partial charge in [0.1, 0.15) is 12.4 Å². The molecule has 0 fully saturated rings. The Bertz CT molecular complexity index is 551. The maximum Gasteiger partial charge on any atom is 0.134 e. The Kier molecular flexibility index (Phi) is 5.62. The highest BCUT2D eigenvalue weighted by atomic mass is 79.9. The first-order valence-electron chi connectivity index (χ1n) is 6.86. The Hall–Kier alpha value is -1.32. The monoisotopic (exact) mass is 333 g/mol. The smallest absolute Gasteiger partial charge is 0.134 e. The standard InChI is InChI=1S/C17H20BrNO/c1-3-19-11-15-8-9-17(16(18)10-15)20-12-14-6-4-13(2)5-7-14/h4-10,19H,3,11-12H2,1-2H3. The Balaban J connectivity index is 1.97. The summed E-state index contributed by atoms with van der Waals surface area (Å²) >= 11 is 3.57. The lowest BCUT2D eigenvalue weighted by Gasteiger charge is -2.10. The van der Waals surface area contributed by atoms with Gasteiger partial charge >= 0.3 is 0 Å². The van der Waals surface area contributed by atoms with Gasteiger partial charge in [0, 0.05) is 6.54 Å². The van der Waals surface area contributed by atoms with Crippen molar-refractivity contribution < 1.29 is 4.74 Å². The third-order valence-corrected chi connectivity index (χ3v) is 3.71. The fraction of sp³-hybridized carbons (Fsp3) is 0.294. The summed E-state index contributed by atoms with van der Waals surface area (Å²) in [5, 5.41) is 3.31. The molecule has 0 aromatic heterocycles. The van der Waals surface area contributed by atoms with Crippen LogP contribution in [0, 0.1) is 6.92 Å². The molecule has 0 spiro atoms. The molecule has 0 unspecified atom stereocenters. The number of halogens is 1. The van der Waals surface area contributed by atoms with Gasteiger partial charge in [0.05, 0.1) is 4.47 Å². The minimum atomic E-state index is 0.589. The minimum absolute atomic E-state index is 0.589. The number of rotatable bonds is 6. The van der Waals surface area contributed by atoms with Crippen molar-refractivity contribution >= 4 is 15.9 Å². The van der Waals surface area contributed by atoms with Crippen LogP contribution in [0.15, 0.2) is 46.9 Å². The Morgan fingerprint density at radius 3 is 2.40 bits per heavy atom. The molecule has 106 valence electrons. The largest absolute Gasteiger partial charge is 0.488 e. The van der Waals surface area contributed by atoms with Crippen LogP contribution in [0.1, 0.15) is 23.6 Å². The van der Waals surface area contributed by atoms with Gasteiger partial charge in [0.15, 0.2) is 0 Å².